The number of amidine groups is 1. The van der Waals surface area contributed by atoms with Crippen LogP contribution in [0.1, 0.15) is 20.3 Å². The quantitative estimate of drug-likeness (QED) is 0.678. The number of thioether (sulfide) groups is 1. The van der Waals surface area contributed by atoms with Crippen molar-refractivity contribution in [3.63, 3.8) is 0 Å². The van der Waals surface area contributed by atoms with Gasteiger partial charge in [0.15, 0.2) is 5.17 Å². The Kier molecular flexibility index (Phi) is 4.79. The monoisotopic (exact) mass is 215 g/mol. The molecule has 0 saturated carbocycles. The first-order valence-corrected chi connectivity index (χ1v) is 5.85. The molecule has 0 radical (unpaired) electrons. The van der Waals surface area contributed by atoms with Crippen LogP contribution in [-0.4, -0.2) is 36.0 Å². The van der Waals surface area contributed by atoms with Crippen LogP contribution in [-0.2, 0) is 4.79 Å². The molecule has 1 aliphatic heterocycles. The molecule has 1 rings (SSSR count). The Balaban J connectivity index is 2.19. The molecule has 2 N–H and O–H groups in total. The second kappa shape index (κ2) is 5.90. The molecule has 4 nitrogen and oxygen atoms in total. The number of carbonyl (C=O) groups is 1. The van der Waals surface area contributed by atoms with Gasteiger partial charge < -0.3 is 10.6 Å². The van der Waals surface area contributed by atoms with Crippen LogP contribution in [0.4, 0.5) is 0 Å². The minimum atomic E-state index is 0.00262. The van der Waals surface area contributed by atoms with Gasteiger partial charge in [-0.15, -0.1) is 0 Å². The second-order valence-corrected chi connectivity index (χ2v) is 4.44. The Hall–Kier alpha value is -0.710. The van der Waals surface area contributed by atoms with E-state index in [0.717, 1.165) is 10.9 Å². The lowest BCUT2D eigenvalue weighted by molar-refractivity contribution is -0.118. The van der Waals surface area contributed by atoms with E-state index in [0.29, 0.717) is 19.1 Å². The van der Waals surface area contributed by atoms with E-state index >= 15 is 0 Å². The predicted molar refractivity (Wildman–Crippen MR) is 60.7 cm³/mol. The van der Waals surface area contributed by atoms with Crippen LogP contribution in [0.5, 0.6) is 0 Å². The van der Waals surface area contributed by atoms with Crippen molar-refractivity contribution in [1.29, 1.82) is 0 Å². The maximum Gasteiger partial charge on any atom is 0.216 e. The first kappa shape index (κ1) is 11.4. The number of hydrogen-bond acceptors (Lipinski definition) is 3. The van der Waals surface area contributed by atoms with Crippen molar-refractivity contribution >= 4 is 22.8 Å². The van der Waals surface area contributed by atoms with Crippen LogP contribution in [0.15, 0.2) is 4.99 Å². The molecule has 0 bridgehead atoms. The molecule has 0 aromatic rings. The van der Waals surface area contributed by atoms with Crippen LogP contribution in [0, 0.1) is 0 Å². The molecule has 1 amide bonds. The van der Waals surface area contributed by atoms with E-state index in [-0.39, 0.29) is 5.91 Å². The van der Waals surface area contributed by atoms with E-state index in [1.807, 2.05) is 0 Å². The van der Waals surface area contributed by atoms with Gasteiger partial charge in [0.1, 0.15) is 0 Å². The van der Waals surface area contributed by atoms with Crippen LogP contribution in [0.25, 0.3) is 0 Å². The van der Waals surface area contributed by atoms with E-state index in [4.69, 9.17) is 0 Å². The summed E-state index contributed by atoms with van der Waals surface area (Å²) in [6.07, 6.45) is 1.19. The zero-order chi connectivity index (χ0) is 10.4. The number of aliphatic imine (C=N–C) groups is 1. The van der Waals surface area contributed by atoms with Gasteiger partial charge in [-0.05, 0) is 13.3 Å². The van der Waals surface area contributed by atoms with Crippen LogP contribution in [0.2, 0.25) is 0 Å². The van der Waals surface area contributed by atoms with Crippen LogP contribution in [0.3, 0.4) is 0 Å². The number of nitrogens with zero attached hydrogens (tertiary/aromatic N) is 1. The highest BCUT2D eigenvalue weighted by atomic mass is 32.2. The summed E-state index contributed by atoms with van der Waals surface area (Å²) in [5, 5.41) is 7.03. The standard InChI is InChI=1S/C9H17N3OS/c1-7-3-6-14-9(12-7)11-5-4-10-8(2)13/h7H,3-6H2,1-2H3,(H,10,13)(H,11,12). The molecule has 0 aliphatic carbocycles. The number of hydrogen-bond donors (Lipinski definition) is 2. The van der Waals surface area contributed by atoms with Crippen molar-refractivity contribution in [2.75, 3.05) is 18.8 Å². The van der Waals surface area contributed by atoms with Gasteiger partial charge in [0.25, 0.3) is 0 Å². The topological polar surface area (TPSA) is 53.5 Å². The minimum Gasteiger partial charge on any atom is -0.362 e. The average Bonchev–Trinajstić information content (AvgIpc) is 2.12. The van der Waals surface area contributed by atoms with Crippen molar-refractivity contribution in [2.24, 2.45) is 4.99 Å². The number of amides is 1. The van der Waals surface area contributed by atoms with Gasteiger partial charge in [0.05, 0.1) is 6.54 Å². The highest BCUT2D eigenvalue weighted by Crippen LogP contribution is 2.12. The van der Waals surface area contributed by atoms with E-state index in [2.05, 4.69) is 22.5 Å². The number of carbonyl (C=O) groups excluding carboxylic acids is 1. The molecule has 0 aromatic heterocycles. The molecule has 80 valence electrons. The first-order chi connectivity index (χ1) is 6.68. The van der Waals surface area contributed by atoms with Gasteiger partial charge in [-0.25, -0.2) is 0 Å². The third kappa shape index (κ3) is 4.50. The summed E-state index contributed by atoms with van der Waals surface area (Å²) in [7, 11) is 0. The van der Waals surface area contributed by atoms with Gasteiger partial charge in [0, 0.05) is 25.3 Å². The van der Waals surface area contributed by atoms with Gasteiger partial charge in [0.2, 0.25) is 5.91 Å². The molecule has 0 aromatic carbocycles. The zero-order valence-corrected chi connectivity index (χ0v) is 9.49. The molecule has 1 saturated heterocycles. The Labute approximate surface area is 88.9 Å². The lowest BCUT2D eigenvalue weighted by atomic mass is 10.3. The van der Waals surface area contributed by atoms with Crippen molar-refractivity contribution in [3.05, 3.63) is 0 Å². The fraction of sp³-hybridized carbons (Fsp3) is 0.778. The van der Waals surface area contributed by atoms with Crippen molar-refractivity contribution < 1.29 is 4.79 Å². The smallest absolute Gasteiger partial charge is 0.216 e. The molecular weight excluding hydrogens is 198 g/mol. The first-order valence-electron chi connectivity index (χ1n) is 4.86. The highest BCUT2D eigenvalue weighted by molar-refractivity contribution is 8.13. The molecule has 1 atom stereocenters. The second-order valence-electron chi connectivity index (χ2n) is 3.35. The predicted octanol–water partition coefficient (Wildman–Crippen LogP) is 0.593. The lowest BCUT2D eigenvalue weighted by Crippen LogP contribution is -2.36. The zero-order valence-electron chi connectivity index (χ0n) is 8.67. The largest absolute Gasteiger partial charge is 0.362 e. The molecule has 1 fully saturated rings. The van der Waals surface area contributed by atoms with E-state index < -0.39 is 0 Å². The summed E-state index contributed by atoms with van der Waals surface area (Å²) in [6, 6.07) is 0.524. The molecule has 5 heteroatoms. The van der Waals surface area contributed by atoms with Gasteiger partial charge in [-0.2, -0.15) is 0 Å². The van der Waals surface area contributed by atoms with Crippen molar-refractivity contribution in [2.45, 2.75) is 26.3 Å². The maximum atomic E-state index is 10.6. The summed E-state index contributed by atoms with van der Waals surface area (Å²) in [5.74, 6) is 1.13. The van der Waals surface area contributed by atoms with Gasteiger partial charge >= 0.3 is 0 Å². The molecule has 0 spiro atoms. The molecular formula is C9H17N3OS. The lowest BCUT2D eigenvalue weighted by Gasteiger charge is -2.21. The van der Waals surface area contributed by atoms with Gasteiger partial charge in [-0.3, -0.25) is 9.79 Å². The Morgan fingerprint density at radius 3 is 3.21 bits per heavy atom. The molecule has 1 aliphatic rings. The maximum absolute atomic E-state index is 10.6. The average molecular weight is 215 g/mol. The highest BCUT2D eigenvalue weighted by Gasteiger charge is 2.12. The SMILES string of the molecule is CC(=O)NCCN=C1NC(C)CCS1. The summed E-state index contributed by atoms with van der Waals surface area (Å²) in [6.45, 7) is 4.95. The van der Waals surface area contributed by atoms with Crippen molar-refractivity contribution in [1.82, 2.24) is 10.6 Å². The Bertz CT molecular complexity index is 230. The Morgan fingerprint density at radius 1 is 1.79 bits per heavy atom. The molecule has 1 unspecified atom stereocenters. The summed E-state index contributed by atoms with van der Waals surface area (Å²) >= 11 is 1.75. The molecule has 1 heterocycles. The van der Waals surface area contributed by atoms with Crippen molar-refractivity contribution in [3.8, 4) is 0 Å². The van der Waals surface area contributed by atoms with E-state index in [1.165, 1.54) is 13.3 Å². The van der Waals surface area contributed by atoms with E-state index in [9.17, 15) is 4.79 Å². The van der Waals surface area contributed by atoms with Crippen LogP contribution >= 0.6 is 11.8 Å². The fourth-order valence-electron chi connectivity index (χ4n) is 1.14. The Morgan fingerprint density at radius 2 is 2.57 bits per heavy atom. The summed E-state index contributed by atoms with van der Waals surface area (Å²) < 4.78 is 0. The minimum absolute atomic E-state index is 0.00262. The number of rotatable bonds is 3. The number of nitrogens with one attached hydrogen (secondary N) is 2. The summed E-state index contributed by atoms with van der Waals surface area (Å²) in [5.41, 5.74) is 0. The third-order valence-electron chi connectivity index (χ3n) is 1.90. The third-order valence-corrected chi connectivity index (χ3v) is 2.86. The summed E-state index contributed by atoms with van der Waals surface area (Å²) in [4.78, 5) is 14.9. The van der Waals surface area contributed by atoms with Crippen LogP contribution < -0.4 is 10.6 Å². The van der Waals surface area contributed by atoms with Gasteiger partial charge in [-0.1, -0.05) is 11.8 Å². The molecule has 14 heavy (non-hydrogen) atoms. The normalized spacial score (nSPS) is 24.4. The van der Waals surface area contributed by atoms with E-state index in [1.54, 1.807) is 11.8 Å². The fourth-order valence-corrected chi connectivity index (χ4v) is 2.27.